The Balaban J connectivity index is 0. The number of hydrogen-bond acceptors (Lipinski definition) is 4. The highest BCUT2D eigenvalue weighted by Gasteiger charge is 1.89. The lowest BCUT2D eigenvalue weighted by molar-refractivity contribution is -1.63. The van der Waals surface area contributed by atoms with Gasteiger partial charge in [-0.25, -0.2) is 0 Å². The molecule has 0 radical (unpaired) electrons. The normalized spacial score (nSPS) is 7.00. The molecule has 0 fully saturated rings. The van der Waals surface area contributed by atoms with Gasteiger partial charge in [-0.05, 0) is 3.44 Å². The molecule has 4 nitrogen and oxygen atoms in total. The zero-order valence-electron chi connectivity index (χ0n) is 2.47. The Morgan fingerprint density at radius 3 is 1.33 bits per heavy atom. The third kappa shape index (κ3) is 97.9. The first kappa shape index (κ1) is 9.97. The summed E-state index contributed by atoms with van der Waals surface area (Å²) in [5.74, 6) is 0. The van der Waals surface area contributed by atoms with E-state index in [-0.39, 0.29) is 0 Å². The molecule has 0 aromatic heterocycles. The maximum atomic E-state index is 8.68. The monoisotopic (exact) mass is 228 g/mol. The topological polar surface area (TPSA) is 86.6 Å². The van der Waals surface area contributed by atoms with E-state index >= 15 is 0 Å². The minimum absolute atomic E-state index is 3.64. The van der Waals surface area contributed by atoms with Crippen molar-refractivity contribution >= 4 is 11.9 Å². The maximum Gasteiger partial charge on any atom is 0.503 e. The van der Waals surface area contributed by atoms with Crippen LogP contribution in [0, 0.1) is 0 Å². The van der Waals surface area contributed by atoms with E-state index in [4.69, 9.17) is 15.0 Å². The average molecular weight is 228 g/mol. The van der Waals surface area contributed by atoms with Crippen molar-refractivity contribution in [1.82, 2.24) is 0 Å². The summed E-state index contributed by atoms with van der Waals surface area (Å²) < 4.78 is 30.9. The average Bonchev–Trinajstić information content (AvgIpc) is 1.41. The molecule has 0 unspecified atom stereocenters. The molecule has 2 N–H and O–H groups in total. The van der Waals surface area contributed by atoms with E-state index in [1.807, 2.05) is 0 Å². The van der Waals surface area contributed by atoms with Gasteiger partial charge in [0.25, 0.3) is 0 Å². The van der Waals surface area contributed by atoms with Crippen LogP contribution in [0.4, 0.5) is 0 Å². The molecule has 0 atom stereocenters. The lowest BCUT2D eigenvalue weighted by Gasteiger charge is -1.67. The minimum atomic E-state index is -3.76. The highest BCUT2D eigenvalue weighted by atomic mass is 127. The van der Waals surface area contributed by atoms with E-state index in [0.717, 1.165) is 0 Å². The smallest absolute Gasteiger partial charge is 0.396 e. The van der Waals surface area contributed by atoms with E-state index < -0.39 is 21.1 Å². The molecule has 0 spiro atoms. The lowest BCUT2D eigenvalue weighted by Crippen LogP contribution is -3.98. The van der Waals surface area contributed by atoms with Crippen molar-refractivity contribution in [2.24, 2.45) is 0 Å². The van der Waals surface area contributed by atoms with E-state index in [1.54, 1.807) is 0 Å². The Kier molecular flexibility index (Phi) is 15.4. The minimum Gasteiger partial charge on any atom is -0.396 e. The Morgan fingerprint density at radius 1 is 1.33 bits per heavy atom. The quantitative estimate of drug-likeness (QED) is 0.404. The van der Waals surface area contributed by atoms with Crippen LogP contribution in [0.3, 0.4) is 0 Å². The zero-order chi connectivity index (χ0) is 5.58. The molecule has 0 bridgehead atoms. The zero-order valence-corrected chi connectivity index (χ0v) is 5.38. The highest BCUT2D eigenvalue weighted by molar-refractivity contribution is 6.04. The van der Waals surface area contributed by atoms with Crippen molar-refractivity contribution in [3.63, 3.8) is 0 Å². The molecule has 0 saturated carbocycles. The van der Waals surface area contributed by atoms with Gasteiger partial charge in [0.2, 0.25) is 0 Å². The Bertz CT molecular complexity index is 12.3. The molecule has 0 rings (SSSR count). The van der Waals surface area contributed by atoms with Crippen LogP contribution < -0.4 is 27.9 Å². The Hall–Kier alpha value is 0.860. The lowest BCUT2D eigenvalue weighted by atomic mass is 15.9. The predicted octanol–water partition coefficient (Wildman–Crippen LogP) is -5.80. The second-order valence-corrected chi connectivity index (χ2v) is 1.35. The fraction of sp³-hybridized carbons (Fsp3) is 0. The van der Waals surface area contributed by atoms with Gasteiger partial charge >= 0.3 is 21.1 Å². The van der Waals surface area contributed by atoms with E-state index in [1.165, 1.54) is 0 Å². The van der Waals surface area contributed by atoms with Crippen molar-refractivity contribution in [2.45, 2.75) is 0 Å². The maximum absolute atomic E-state index is 8.68. The predicted molar refractivity (Wildman–Crippen MR) is 10.3 cm³/mol. The first-order valence-electron chi connectivity index (χ1n) is 0.647. The van der Waals surface area contributed by atoms with Gasteiger partial charge in [0.05, 0.1) is 11.9 Å². The van der Waals surface area contributed by atoms with Crippen molar-refractivity contribution in [2.75, 3.05) is 0 Å². The largest absolute Gasteiger partial charge is 0.503 e. The number of rotatable bonds is 0. The van der Waals surface area contributed by atoms with Crippen molar-refractivity contribution in [3.8, 4) is 0 Å². The van der Waals surface area contributed by atoms with Crippen LogP contribution in [0.2, 0.25) is 0 Å². The van der Waals surface area contributed by atoms with Gasteiger partial charge < -0.3 is 6.87 Å². The van der Waals surface area contributed by atoms with Crippen LogP contribution in [-0.2, 0) is 0 Å². The summed E-state index contributed by atoms with van der Waals surface area (Å²) in [7, 11) is 0. The summed E-state index contributed by atoms with van der Waals surface area (Å²) >= 11 is -0.124. The van der Waals surface area contributed by atoms with E-state index in [9.17, 15) is 0 Å². The Morgan fingerprint density at radius 2 is 1.33 bits per heavy atom. The molecule has 0 aliphatic heterocycles. The van der Waals surface area contributed by atoms with Gasteiger partial charge in [-0.3, -0.25) is 4.66 Å². The van der Waals surface area contributed by atoms with Crippen LogP contribution in [0.1, 0.15) is 0 Å². The molecular formula is H2ClIO4. The third-order valence-corrected chi connectivity index (χ3v) is 0. The van der Waals surface area contributed by atoms with Crippen LogP contribution in [0.5, 0.6) is 0 Å². The fourth-order valence-electron chi connectivity index (χ4n) is 0. The summed E-state index contributed by atoms with van der Waals surface area (Å²) in [6.07, 6.45) is 0. The van der Waals surface area contributed by atoms with Gasteiger partial charge in [0, 0.05) is 0 Å². The molecule has 0 amide bonds. The molecule has 0 saturated heterocycles. The molecule has 0 aliphatic rings. The van der Waals surface area contributed by atoms with Crippen LogP contribution >= 0.6 is 11.9 Å². The van der Waals surface area contributed by atoms with E-state index in [2.05, 4.69) is 11.9 Å². The molecule has 6 heteroatoms. The third-order valence-electron chi connectivity index (χ3n) is 0. The van der Waals surface area contributed by atoms with Gasteiger partial charge in [-0.2, -0.15) is 0 Å². The molecule has 0 heterocycles. The number of halogens is 2. The molecule has 6 heavy (non-hydrogen) atoms. The highest BCUT2D eigenvalue weighted by Crippen LogP contribution is 1.31. The van der Waals surface area contributed by atoms with Crippen LogP contribution in [-0.4, -0.2) is 8.09 Å². The van der Waals surface area contributed by atoms with Gasteiger partial charge in [0.1, 0.15) is 0 Å². The van der Waals surface area contributed by atoms with Gasteiger partial charge in [0.15, 0.2) is 0 Å². The van der Waals surface area contributed by atoms with Gasteiger partial charge in [-0.1, -0.05) is 0 Å². The summed E-state index contributed by atoms with van der Waals surface area (Å²) in [4.78, 5) is 0. The second kappa shape index (κ2) is 9.29. The standard InChI is InChI=1S/ClHO.HIO3/c1-2;2-1(3)4/h2H;2H. The van der Waals surface area contributed by atoms with Crippen LogP contribution in [0.15, 0.2) is 0 Å². The van der Waals surface area contributed by atoms with Gasteiger partial charge in [-0.15, -0.1) is 0 Å². The molecule has 0 aromatic rings. The SMILES string of the molecule is OCl.[O-][I+2]([O-])O. The van der Waals surface area contributed by atoms with Crippen molar-refractivity contribution in [3.05, 3.63) is 0 Å². The number of hydrogen-bond donors (Lipinski definition) is 2. The van der Waals surface area contributed by atoms with E-state index in [0.29, 0.717) is 0 Å². The summed E-state index contributed by atoms with van der Waals surface area (Å²) in [5.41, 5.74) is 0. The first-order valence-corrected chi connectivity index (χ1v) is 3.71. The second-order valence-electron chi connectivity index (χ2n) is 0.201. The molecule has 40 valence electrons. The van der Waals surface area contributed by atoms with Crippen LogP contribution in [0.25, 0.3) is 0 Å². The fourth-order valence-corrected chi connectivity index (χ4v) is 0. The first-order chi connectivity index (χ1) is 2.73. The summed E-state index contributed by atoms with van der Waals surface area (Å²) in [6.45, 7) is 0. The summed E-state index contributed by atoms with van der Waals surface area (Å²) in [5, 5.41) is 0. The summed E-state index contributed by atoms with van der Waals surface area (Å²) in [6, 6.07) is 0. The molecule has 0 aromatic carbocycles. The van der Waals surface area contributed by atoms with Crippen molar-refractivity contribution in [1.29, 1.82) is 0 Å². The molecular weight excluding hydrogens is 226 g/mol. The van der Waals surface area contributed by atoms with Crippen molar-refractivity contribution < 1.29 is 36.0 Å². The Labute approximate surface area is 48.2 Å². The molecule has 0 aliphatic carbocycles.